The molecule has 0 aliphatic heterocycles. The fourth-order valence-electron chi connectivity index (χ4n) is 2.27. The van der Waals surface area contributed by atoms with Crippen molar-refractivity contribution in [2.45, 2.75) is 75.7 Å². The zero-order chi connectivity index (χ0) is 18.2. The first-order chi connectivity index (χ1) is 11.2. The molecule has 0 bridgehead atoms. The summed E-state index contributed by atoms with van der Waals surface area (Å²) in [6, 6.07) is 8.20. The summed E-state index contributed by atoms with van der Waals surface area (Å²) in [4.78, 5) is 12.2. The SMILES string of the molecule is CCCCCCC(NC(=O)OC(C)(C)C)S(=O)(=O)c1ccccc1. The molecule has 0 aromatic heterocycles. The number of amides is 1. The highest BCUT2D eigenvalue weighted by atomic mass is 32.2. The van der Waals surface area contributed by atoms with Crippen molar-refractivity contribution in [3.05, 3.63) is 30.3 Å². The second kappa shape index (κ2) is 9.06. The highest BCUT2D eigenvalue weighted by Gasteiger charge is 2.30. The van der Waals surface area contributed by atoms with Crippen molar-refractivity contribution in [1.29, 1.82) is 0 Å². The van der Waals surface area contributed by atoms with Crippen LogP contribution in [0.2, 0.25) is 0 Å². The third-order valence-electron chi connectivity index (χ3n) is 3.44. The molecular weight excluding hydrogens is 326 g/mol. The van der Waals surface area contributed by atoms with E-state index in [4.69, 9.17) is 4.74 Å². The van der Waals surface area contributed by atoms with E-state index in [1.807, 2.05) is 0 Å². The van der Waals surface area contributed by atoms with E-state index < -0.39 is 26.9 Å². The van der Waals surface area contributed by atoms with Gasteiger partial charge in [0.25, 0.3) is 0 Å². The highest BCUT2D eigenvalue weighted by molar-refractivity contribution is 7.92. The van der Waals surface area contributed by atoms with E-state index in [-0.39, 0.29) is 4.90 Å². The predicted octanol–water partition coefficient (Wildman–Crippen LogP) is 4.28. The number of carbonyl (C=O) groups is 1. The Morgan fingerprint density at radius 2 is 1.75 bits per heavy atom. The number of unbranched alkanes of at least 4 members (excludes halogenated alkanes) is 3. The molecule has 0 radical (unpaired) electrons. The number of carbonyl (C=O) groups excluding carboxylic acids is 1. The van der Waals surface area contributed by atoms with Crippen molar-refractivity contribution in [2.75, 3.05) is 0 Å². The van der Waals surface area contributed by atoms with E-state index in [0.29, 0.717) is 6.42 Å². The molecule has 0 saturated heterocycles. The number of alkyl carbamates (subject to hydrolysis) is 1. The van der Waals surface area contributed by atoms with Gasteiger partial charge < -0.3 is 10.1 Å². The van der Waals surface area contributed by atoms with Crippen molar-refractivity contribution < 1.29 is 17.9 Å². The van der Waals surface area contributed by atoms with Crippen LogP contribution in [0.15, 0.2) is 35.2 Å². The van der Waals surface area contributed by atoms with Crippen LogP contribution in [-0.4, -0.2) is 25.5 Å². The fourth-order valence-corrected chi connectivity index (χ4v) is 3.87. The molecule has 0 fully saturated rings. The van der Waals surface area contributed by atoms with Gasteiger partial charge >= 0.3 is 6.09 Å². The second-order valence-electron chi connectivity index (χ2n) is 6.84. The Morgan fingerprint density at radius 3 is 2.29 bits per heavy atom. The van der Waals surface area contributed by atoms with Crippen LogP contribution in [0.1, 0.15) is 59.8 Å². The number of rotatable bonds is 8. The van der Waals surface area contributed by atoms with Crippen LogP contribution in [0.4, 0.5) is 4.79 Å². The third-order valence-corrected chi connectivity index (χ3v) is 5.48. The summed E-state index contributed by atoms with van der Waals surface area (Å²) < 4.78 is 30.9. The Bertz CT molecular complexity index is 606. The summed E-state index contributed by atoms with van der Waals surface area (Å²) in [6.07, 6.45) is 3.45. The van der Waals surface area contributed by atoms with Gasteiger partial charge in [0, 0.05) is 0 Å². The first-order valence-electron chi connectivity index (χ1n) is 8.45. The molecule has 0 aliphatic carbocycles. The summed E-state index contributed by atoms with van der Waals surface area (Å²) in [5.41, 5.74) is -0.673. The molecule has 5 nitrogen and oxygen atoms in total. The van der Waals surface area contributed by atoms with Crippen LogP contribution in [0.5, 0.6) is 0 Å². The lowest BCUT2D eigenvalue weighted by Crippen LogP contribution is -2.43. The highest BCUT2D eigenvalue weighted by Crippen LogP contribution is 2.20. The number of sulfone groups is 1. The Morgan fingerprint density at radius 1 is 1.12 bits per heavy atom. The molecule has 1 rings (SSSR count). The standard InChI is InChI=1S/C18H29NO4S/c1-5-6-7-11-14-16(19-17(20)23-18(2,3)4)24(21,22)15-12-9-8-10-13-15/h8-10,12-13,16H,5-7,11,14H2,1-4H3,(H,19,20). The van der Waals surface area contributed by atoms with Gasteiger partial charge in [-0.3, -0.25) is 0 Å². The van der Waals surface area contributed by atoms with Gasteiger partial charge in [0.1, 0.15) is 11.0 Å². The summed E-state index contributed by atoms with van der Waals surface area (Å²) in [5.74, 6) is 0. The van der Waals surface area contributed by atoms with Gasteiger partial charge in [0.05, 0.1) is 4.90 Å². The van der Waals surface area contributed by atoms with E-state index in [9.17, 15) is 13.2 Å². The summed E-state index contributed by atoms with van der Waals surface area (Å²) in [5, 5.41) is 1.56. The molecule has 1 amide bonds. The van der Waals surface area contributed by atoms with Gasteiger partial charge in [-0.05, 0) is 39.3 Å². The maximum atomic E-state index is 12.8. The zero-order valence-electron chi connectivity index (χ0n) is 15.0. The topological polar surface area (TPSA) is 72.5 Å². The molecule has 0 aliphatic rings. The van der Waals surface area contributed by atoms with Crippen molar-refractivity contribution in [1.82, 2.24) is 5.32 Å². The van der Waals surface area contributed by atoms with Gasteiger partial charge in [-0.15, -0.1) is 0 Å². The van der Waals surface area contributed by atoms with Crippen molar-refractivity contribution in [3.8, 4) is 0 Å². The van der Waals surface area contributed by atoms with E-state index >= 15 is 0 Å². The van der Waals surface area contributed by atoms with Crippen LogP contribution in [0.25, 0.3) is 0 Å². The maximum Gasteiger partial charge on any atom is 0.408 e. The van der Waals surface area contributed by atoms with E-state index in [1.54, 1.807) is 51.1 Å². The van der Waals surface area contributed by atoms with Gasteiger partial charge in [0.15, 0.2) is 9.84 Å². The van der Waals surface area contributed by atoms with Crippen molar-refractivity contribution >= 4 is 15.9 Å². The minimum atomic E-state index is -3.65. The minimum absolute atomic E-state index is 0.210. The quantitative estimate of drug-likeness (QED) is 0.706. The number of hydrogen-bond acceptors (Lipinski definition) is 4. The van der Waals surface area contributed by atoms with Gasteiger partial charge in [-0.2, -0.15) is 0 Å². The third kappa shape index (κ3) is 6.91. The van der Waals surface area contributed by atoms with Crippen LogP contribution >= 0.6 is 0 Å². The number of ether oxygens (including phenoxy) is 1. The summed E-state index contributed by atoms with van der Waals surface area (Å²) >= 11 is 0. The first-order valence-corrected chi connectivity index (χ1v) is 10.00. The number of benzene rings is 1. The first kappa shape index (κ1) is 20.5. The number of hydrogen-bond donors (Lipinski definition) is 1. The largest absolute Gasteiger partial charge is 0.444 e. The molecule has 0 heterocycles. The molecule has 1 aromatic carbocycles. The molecule has 1 atom stereocenters. The van der Waals surface area contributed by atoms with Crippen molar-refractivity contribution in [3.63, 3.8) is 0 Å². The Balaban J connectivity index is 2.90. The van der Waals surface area contributed by atoms with Crippen molar-refractivity contribution in [2.24, 2.45) is 0 Å². The smallest absolute Gasteiger partial charge is 0.408 e. The van der Waals surface area contributed by atoms with Crippen LogP contribution in [-0.2, 0) is 14.6 Å². The van der Waals surface area contributed by atoms with E-state index in [1.165, 1.54) is 0 Å². The second-order valence-corrected chi connectivity index (χ2v) is 8.97. The molecule has 0 spiro atoms. The fraction of sp³-hybridized carbons (Fsp3) is 0.611. The lowest BCUT2D eigenvalue weighted by atomic mass is 10.1. The van der Waals surface area contributed by atoms with Gasteiger partial charge in [0.2, 0.25) is 0 Å². The zero-order valence-corrected chi connectivity index (χ0v) is 15.9. The Labute approximate surface area is 145 Å². The molecule has 24 heavy (non-hydrogen) atoms. The molecule has 6 heteroatoms. The summed E-state index contributed by atoms with van der Waals surface area (Å²) in [6.45, 7) is 7.33. The average molecular weight is 356 g/mol. The molecule has 0 saturated carbocycles. The van der Waals surface area contributed by atoms with Crippen LogP contribution in [0, 0.1) is 0 Å². The molecule has 136 valence electrons. The Kier molecular flexibility index (Phi) is 7.73. The minimum Gasteiger partial charge on any atom is -0.444 e. The molecular formula is C18H29NO4S. The van der Waals surface area contributed by atoms with Crippen LogP contribution < -0.4 is 5.32 Å². The lowest BCUT2D eigenvalue weighted by Gasteiger charge is -2.24. The van der Waals surface area contributed by atoms with E-state index in [2.05, 4.69) is 12.2 Å². The maximum absolute atomic E-state index is 12.8. The van der Waals surface area contributed by atoms with Crippen LogP contribution in [0.3, 0.4) is 0 Å². The Hall–Kier alpha value is -1.56. The lowest BCUT2D eigenvalue weighted by molar-refractivity contribution is 0.0517. The monoisotopic (exact) mass is 355 g/mol. The predicted molar refractivity (Wildman–Crippen MR) is 95.5 cm³/mol. The average Bonchev–Trinajstić information content (AvgIpc) is 2.49. The number of nitrogens with one attached hydrogen (secondary N) is 1. The molecule has 1 aromatic rings. The van der Waals surface area contributed by atoms with Gasteiger partial charge in [-0.1, -0.05) is 50.8 Å². The summed E-state index contributed by atoms with van der Waals surface area (Å²) in [7, 11) is -3.65. The van der Waals surface area contributed by atoms with E-state index in [0.717, 1.165) is 25.7 Å². The molecule has 1 unspecified atom stereocenters. The molecule has 1 N–H and O–H groups in total. The normalized spacial score (nSPS) is 13.3. The van der Waals surface area contributed by atoms with Gasteiger partial charge in [-0.25, -0.2) is 13.2 Å².